The molecule has 0 aromatic rings. The summed E-state index contributed by atoms with van der Waals surface area (Å²) >= 11 is 0. The molecule has 10 nitrogen and oxygen atoms in total. The number of esters is 4. The van der Waals surface area contributed by atoms with Crippen LogP contribution in [0.1, 0.15) is 0 Å². The van der Waals surface area contributed by atoms with Crippen LogP contribution in [-0.2, 0) is 47.6 Å². The van der Waals surface area contributed by atoms with E-state index in [0.717, 1.165) is 14.2 Å². The second-order valence-electron chi connectivity index (χ2n) is 4.47. The van der Waals surface area contributed by atoms with Crippen LogP contribution in [0.25, 0.3) is 0 Å². The minimum Gasteiger partial charge on any atom is -0.461 e. The van der Waals surface area contributed by atoms with Crippen LogP contribution in [0.4, 0.5) is 0 Å². The highest BCUT2D eigenvalue weighted by Gasteiger charge is 2.52. The molecule has 0 aromatic heterocycles. The normalized spacial score (nSPS) is 29.4. The lowest BCUT2D eigenvalue weighted by molar-refractivity contribution is -0.173. The summed E-state index contributed by atoms with van der Waals surface area (Å²) in [7, 11) is 2.10. The van der Waals surface area contributed by atoms with Crippen molar-refractivity contribution in [2.45, 2.75) is 24.4 Å². The average molecular weight is 318 g/mol. The first-order valence-corrected chi connectivity index (χ1v) is 6.29. The predicted octanol–water partition coefficient (Wildman–Crippen LogP) is -2.05. The van der Waals surface area contributed by atoms with E-state index in [4.69, 9.17) is 18.9 Å². The molecule has 10 heteroatoms. The highest BCUT2D eigenvalue weighted by molar-refractivity contribution is 6.30. The third-order valence-corrected chi connectivity index (χ3v) is 3.18. The Kier molecular flexibility index (Phi) is 4.93. The van der Waals surface area contributed by atoms with Crippen LogP contribution in [0.2, 0.25) is 0 Å². The molecule has 22 heavy (non-hydrogen) atoms. The van der Waals surface area contributed by atoms with E-state index in [1.54, 1.807) is 0 Å². The monoisotopic (exact) mass is 318 g/mol. The minimum atomic E-state index is -1.17. The average Bonchev–Trinajstić information content (AvgIpc) is 3.09. The summed E-state index contributed by atoms with van der Waals surface area (Å²) in [5.41, 5.74) is 0. The van der Waals surface area contributed by atoms with Crippen molar-refractivity contribution in [3.05, 3.63) is 0 Å². The Labute approximate surface area is 124 Å². The van der Waals surface area contributed by atoms with Crippen molar-refractivity contribution in [2.75, 3.05) is 27.4 Å². The van der Waals surface area contributed by atoms with Crippen LogP contribution in [0.3, 0.4) is 0 Å². The molecule has 0 spiro atoms. The number of fused-ring (bicyclic) bond motifs is 1. The standard InChI is InChI=1S/C12H14O10/c1-17-9(13)11(15)21-5-3-19-8-6(4-20-7(5)8)22-12(16)10(14)18-2/h5-8H,3-4H2,1-2H3/t5-,6+,7?,8?. The van der Waals surface area contributed by atoms with Gasteiger partial charge < -0.3 is 28.4 Å². The molecular formula is C12H14O10. The summed E-state index contributed by atoms with van der Waals surface area (Å²) in [5, 5.41) is 0. The van der Waals surface area contributed by atoms with Crippen LogP contribution < -0.4 is 0 Å². The molecule has 2 unspecified atom stereocenters. The van der Waals surface area contributed by atoms with Crippen molar-refractivity contribution < 1.29 is 47.6 Å². The summed E-state index contributed by atoms with van der Waals surface area (Å²) in [5.74, 6) is -4.63. The topological polar surface area (TPSA) is 124 Å². The summed E-state index contributed by atoms with van der Waals surface area (Å²) < 4.78 is 29.0. The first-order valence-electron chi connectivity index (χ1n) is 6.29. The van der Waals surface area contributed by atoms with Gasteiger partial charge in [-0.25, -0.2) is 19.2 Å². The third-order valence-electron chi connectivity index (χ3n) is 3.18. The van der Waals surface area contributed by atoms with Gasteiger partial charge in [0.05, 0.1) is 27.4 Å². The van der Waals surface area contributed by atoms with Gasteiger partial charge in [0.15, 0.2) is 12.2 Å². The Morgan fingerprint density at radius 3 is 1.41 bits per heavy atom. The molecule has 0 bridgehead atoms. The molecule has 2 fully saturated rings. The van der Waals surface area contributed by atoms with E-state index in [9.17, 15) is 19.2 Å². The smallest absolute Gasteiger partial charge is 0.417 e. The summed E-state index contributed by atoms with van der Waals surface area (Å²) in [6.45, 7) is -0.0747. The van der Waals surface area contributed by atoms with E-state index in [0.29, 0.717) is 0 Å². The van der Waals surface area contributed by atoms with Gasteiger partial charge in [-0.1, -0.05) is 0 Å². The highest BCUT2D eigenvalue weighted by Crippen LogP contribution is 2.30. The quantitative estimate of drug-likeness (QED) is 0.319. The van der Waals surface area contributed by atoms with Gasteiger partial charge in [-0.05, 0) is 0 Å². The SMILES string of the molecule is COC(=O)C(=O)O[C@H]1COC2C1OC[C@H]2OC(=O)C(=O)OC. The van der Waals surface area contributed by atoms with Gasteiger partial charge in [0, 0.05) is 0 Å². The zero-order valence-corrected chi connectivity index (χ0v) is 11.8. The van der Waals surface area contributed by atoms with Crippen LogP contribution in [0, 0.1) is 0 Å². The van der Waals surface area contributed by atoms with Gasteiger partial charge in [0.2, 0.25) is 0 Å². The minimum absolute atomic E-state index is 0.0374. The number of ether oxygens (including phenoxy) is 6. The lowest BCUT2D eigenvalue weighted by Crippen LogP contribution is -2.38. The Morgan fingerprint density at radius 1 is 0.727 bits per heavy atom. The van der Waals surface area contributed by atoms with Crippen molar-refractivity contribution in [1.29, 1.82) is 0 Å². The molecule has 0 aliphatic carbocycles. The number of hydrogen-bond donors (Lipinski definition) is 0. The predicted molar refractivity (Wildman–Crippen MR) is 63.3 cm³/mol. The van der Waals surface area contributed by atoms with Crippen molar-refractivity contribution >= 4 is 23.9 Å². The number of rotatable bonds is 2. The number of carbonyl (C=O) groups excluding carboxylic acids is 4. The summed E-state index contributed by atoms with van der Waals surface area (Å²) in [4.78, 5) is 44.7. The van der Waals surface area contributed by atoms with Gasteiger partial charge in [0.1, 0.15) is 12.2 Å². The second-order valence-corrected chi connectivity index (χ2v) is 4.47. The molecule has 122 valence electrons. The van der Waals surface area contributed by atoms with E-state index >= 15 is 0 Å². The van der Waals surface area contributed by atoms with E-state index in [1.807, 2.05) is 0 Å². The summed E-state index contributed by atoms with van der Waals surface area (Å²) in [6.07, 6.45) is -3.08. The molecule has 2 aliphatic heterocycles. The van der Waals surface area contributed by atoms with E-state index < -0.39 is 48.3 Å². The molecule has 2 aliphatic rings. The molecule has 2 heterocycles. The maximum absolute atomic E-state index is 11.4. The van der Waals surface area contributed by atoms with Gasteiger partial charge >= 0.3 is 23.9 Å². The van der Waals surface area contributed by atoms with Gasteiger partial charge in [0.25, 0.3) is 0 Å². The number of hydrogen-bond acceptors (Lipinski definition) is 10. The summed E-state index contributed by atoms with van der Waals surface area (Å²) in [6, 6.07) is 0. The highest BCUT2D eigenvalue weighted by atomic mass is 16.7. The molecule has 0 amide bonds. The fourth-order valence-corrected chi connectivity index (χ4v) is 2.17. The molecule has 0 aromatic carbocycles. The Balaban J connectivity index is 1.91. The fraction of sp³-hybridized carbons (Fsp3) is 0.667. The lowest BCUT2D eigenvalue weighted by Gasteiger charge is -2.16. The van der Waals surface area contributed by atoms with Crippen LogP contribution in [0.5, 0.6) is 0 Å². The van der Waals surface area contributed by atoms with Crippen molar-refractivity contribution in [3.63, 3.8) is 0 Å². The molecule has 4 atom stereocenters. The third kappa shape index (κ3) is 3.17. The maximum Gasteiger partial charge on any atom is 0.417 e. The molecular weight excluding hydrogens is 304 g/mol. The van der Waals surface area contributed by atoms with E-state index in [2.05, 4.69) is 9.47 Å². The van der Waals surface area contributed by atoms with Crippen molar-refractivity contribution in [3.8, 4) is 0 Å². The van der Waals surface area contributed by atoms with Crippen LogP contribution in [0.15, 0.2) is 0 Å². The Morgan fingerprint density at radius 2 is 1.09 bits per heavy atom. The largest absolute Gasteiger partial charge is 0.461 e. The molecule has 0 radical (unpaired) electrons. The first-order chi connectivity index (χ1) is 10.5. The van der Waals surface area contributed by atoms with Gasteiger partial charge in [-0.2, -0.15) is 0 Å². The van der Waals surface area contributed by atoms with Crippen molar-refractivity contribution in [1.82, 2.24) is 0 Å². The van der Waals surface area contributed by atoms with E-state index in [1.165, 1.54) is 0 Å². The van der Waals surface area contributed by atoms with E-state index in [-0.39, 0.29) is 13.2 Å². The van der Waals surface area contributed by atoms with Gasteiger partial charge in [-0.15, -0.1) is 0 Å². The first kappa shape index (κ1) is 16.2. The Bertz CT molecular complexity index is 442. The molecule has 2 saturated heterocycles. The van der Waals surface area contributed by atoms with Crippen LogP contribution in [-0.4, -0.2) is 75.7 Å². The maximum atomic E-state index is 11.4. The molecule has 0 saturated carbocycles. The zero-order valence-electron chi connectivity index (χ0n) is 11.8. The van der Waals surface area contributed by atoms with Crippen LogP contribution >= 0.6 is 0 Å². The zero-order chi connectivity index (χ0) is 16.3. The number of methoxy groups -OCH3 is 2. The molecule has 2 rings (SSSR count). The fourth-order valence-electron chi connectivity index (χ4n) is 2.17. The number of carbonyl (C=O) groups is 4. The molecule has 0 N–H and O–H groups in total. The Hall–Kier alpha value is -2.20. The lowest BCUT2D eigenvalue weighted by atomic mass is 10.1. The van der Waals surface area contributed by atoms with Crippen molar-refractivity contribution in [2.24, 2.45) is 0 Å². The van der Waals surface area contributed by atoms with Gasteiger partial charge in [-0.3, -0.25) is 0 Å². The second kappa shape index (κ2) is 6.71.